The molecule has 2 aliphatic carbocycles. The van der Waals surface area contributed by atoms with E-state index < -0.39 is 10.0 Å². The summed E-state index contributed by atoms with van der Waals surface area (Å²) in [7, 11) is -3.60. The van der Waals surface area contributed by atoms with Gasteiger partial charge in [-0.05, 0) is 49.1 Å². The average Bonchev–Trinajstić information content (AvgIpc) is 2.99. The number of hydrogen-bond acceptors (Lipinski definition) is 3. The van der Waals surface area contributed by atoms with Crippen molar-refractivity contribution in [3.8, 4) is 5.75 Å². The SMILES string of the molecule is O=S(=O)(NCC1CC2CCC1C2)c1ccccc1O. The van der Waals surface area contributed by atoms with E-state index in [-0.39, 0.29) is 10.6 Å². The summed E-state index contributed by atoms with van der Waals surface area (Å²) >= 11 is 0. The predicted molar refractivity (Wildman–Crippen MR) is 72.2 cm³/mol. The zero-order valence-corrected chi connectivity index (χ0v) is 11.6. The second-order valence-electron chi connectivity index (χ2n) is 5.75. The van der Waals surface area contributed by atoms with Crippen molar-refractivity contribution in [3.63, 3.8) is 0 Å². The summed E-state index contributed by atoms with van der Waals surface area (Å²) in [5, 5.41) is 9.62. The van der Waals surface area contributed by atoms with Crippen molar-refractivity contribution in [1.29, 1.82) is 0 Å². The number of sulfonamides is 1. The third-order valence-corrected chi connectivity index (χ3v) is 6.05. The van der Waals surface area contributed by atoms with Gasteiger partial charge >= 0.3 is 0 Å². The normalized spacial score (nSPS) is 29.8. The Morgan fingerprint density at radius 2 is 2.00 bits per heavy atom. The van der Waals surface area contributed by atoms with E-state index in [1.807, 2.05) is 0 Å². The van der Waals surface area contributed by atoms with Crippen LogP contribution in [0, 0.1) is 17.8 Å². The highest BCUT2D eigenvalue weighted by atomic mass is 32.2. The number of rotatable bonds is 4. The first-order chi connectivity index (χ1) is 9.06. The van der Waals surface area contributed by atoms with Crippen molar-refractivity contribution in [2.75, 3.05) is 6.54 Å². The molecule has 0 heterocycles. The van der Waals surface area contributed by atoms with Crippen molar-refractivity contribution in [1.82, 2.24) is 4.72 Å². The van der Waals surface area contributed by atoms with Gasteiger partial charge in [-0.2, -0.15) is 0 Å². The maximum absolute atomic E-state index is 12.1. The Morgan fingerprint density at radius 1 is 1.21 bits per heavy atom. The molecule has 1 aromatic rings. The first kappa shape index (κ1) is 12.9. The van der Waals surface area contributed by atoms with Crippen LogP contribution < -0.4 is 4.72 Å². The van der Waals surface area contributed by atoms with E-state index >= 15 is 0 Å². The van der Waals surface area contributed by atoms with Gasteiger partial charge in [0.05, 0.1) is 0 Å². The molecule has 3 unspecified atom stereocenters. The van der Waals surface area contributed by atoms with Crippen LogP contribution in [-0.4, -0.2) is 20.1 Å². The van der Waals surface area contributed by atoms with Gasteiger partial charge in [0.1, 0.15) is 10.6 Å². The minimum absolute atomic E-state index is 0.0295. The molecule has 2 bridgehead atoms. The summed E-state index contributed by atoms with van der Waals surface area (Å²) < 4.78 is 26.9. The van der Waals surface area contributed by atoms with Crippen LogP contribution >= 0.6 is 0 Å². The third kappa shape index (κ3) is 2.49. The molecular weight excluding hydrogens is 262 g/mol. The van der Waals surface area contributed by atoms with Gasteiger partial charge in [-0.1, -0.05) is 18.6 Å². The first-order valence-corrected chi connectivity index (χ1v) is 8.32. The van der Waals surface area contributed by atoms with E-state index in [0.29, 0.717) is 18.4 Å². The number of benzene rings is 1. The molecule has 0 radical (unpaired) electrons. The molecule has 104 valence electrons. The monoisotopic (exact) mass is 281 g/mol. The number of hydrogen-bond donors (Lipinski definition) is 2. The van der Waals surface area contributed by atoms with Crippen LogP contribution in [0.2, 0.25) is 0 Å². The summed E-state index contributed by atoms with van der Waals surface area (Å²) in [6, 6.07) is 6.06. The molecule has 2 aliphatic rings. The lowest BCUT2D eigenvalue weighted by atomic mass is 9.89. The predicted octanol–water partition coefficient (Wildman–Crippen LogP) is 2.11. The zero-order chi connectivity index (χ0) is 13.5. The van der Waals surface area contributed by atoms with Gasteiger partial charge in [-0.15, -0.1) is 0 Å². The Hall–Kier alpha value is -1.07. The van der Waals surface area contributed by atoms with E-state index in [1.54, 1.807) is 12.1 Å². The maximum atomic E-state index is 12.1. The molecule has 0 amide bonds. The van der Waals surface area contributed by atoms with Crippen molar-refractivity contribution in [2.45, 2.75) is 30.6 Å². The molecule has 2 N–H and O–H groups in total. The molecule has 2 saturated carbocycles. The number of fused-ring (bicyclic) bond motifs is 2. The number of phenols is 1. The molecule has 0 saturated heterocycles. The molecule has 0 spiro atoms. The van der Waals surface area contributed by atoms with Crippen LogP contribution in [0.5, 0.6) is 5.75 Å². The lowest BCUT2D eigenvalue weighted by Crippen LogP contribution is -2.31. The lowest BCUT2D eigenvalue weighted by molar-refractivity contribution is 0.332. The highest BCUT2D eigenvalue weighted by Crippen LogP contribution is 2.48. The highest BCUT2D eigenvalue weighted by molar-refractivity contribution is 7.89. The first-order valence-electron chi connectivity index (χ1n) is 6.84. The molecule has 0 aliphatic heterocycles. The topological polar surface area (TPSA) is 66.4 Å². The fourth-order valence-corrected chi connectivity index (χ4v) is 4.80. The number of aromatic hydroxyl groups is 1. The van der Waals surface area contributed by atoms with Gasteiger partial charge in [0.25, 0.3) is 0 Å². The van der Waals surface area contributed by atoms with Crippen LogP contribution in [0.25, 0.3) is 0 Å². The molecule has 1 aromatic carbocycles. The number of phenolic OH excluding ortho intramolecular Hbond substituents is 1. The minimum atomic E-state index is -3.60. The molecule has 5 heteroatoms. The van der Waals surface area contributed by atoms with Gasteiger partial charge in [-0.3, -0.25) is 0 Å². The molecular formula is C14H19NO3S. The zero-order valence-electron chi connectivity index (χ0n) is 10.7. The van der Waals surface area contributed by atoms with Gasteiger partial charge in [0, 0.05) is 6.54 Å². The average molecular weight is 281 g/mol. The van der Waals surface area contributed by atoms with Crippen molar-refractivity contribution in [3.05, 3.63) is 24.3 Å². The summed E-state index contributed by atoms with van der Waals surface area (Å²) in [4.78, 5) is -0.0295. The van der Waals surface area contributed by atoms with Crippen LogP contribution in [0.1, 0.15) is 25.7 Å². The standard InChI is InChI=1S/C14H19NO3S/c16-13-3-1-2-4-14(13)19(17,18)15-9-12-8-10-5-6-11(12)7-10/h1-4,10-12,15-16H,5-9H2. The van der Waals surface area contributed by atoms with E-state index in [4.69, 9.17) is 0 Å². The van der Waals surface area contributed by atoms with Crippen molar-refractivity contribution in [2.24, 2.45) is 17.8 Å². The Labute approximate surface area is 113 Å². The van der Waals surface area contributed by atoms with Gasteiger partial charge in [0.15, 0.2) is 0 Å². The van der Waals surface area contributed by atoms with Crippen molar-refractivity contribution >= 4 is 10.0 Å². The Bertz CT molecular complexity index is 570. The molecule has 19 heavy (non-hydrogen) atoms. The fraction of sp³-hybridized carbons (Fsp3) is 0.571. The molecule has 3 atom stereocenters. The Balaban J connectivity index is 1.68. The second kappa shape index (κ2) is 4.80. The molecule has 0 aromatic heterocycles. The summed E-state index contributed by atoms with van der Waals surface area (Å²) in [6.45, 7) is 0.498. The highest BCUT2D eigenvalue weighted by Gasteiger charge is 2.39. The fourth-order valence-electron chi connectivity index (χ4n) is 3.61. The van der Waals surface area contributed by atoms with E-state index in [1.165, 1.54) is 31.4 Å². The summed E-state index contributed by atoms with van der Waals surface area (Å²) in [5.41, 5.74) is 0. The largest absolute Gasteiger partial charge is 0.507 e. The van der Waals surface area contributed by atoms with Crippen LogP contribution in [0.4, 0.5) is 0 Å². The smallest absolute Gasteiger partial charge is 0.244 e. The van der Waals surface area contributed by atoms with E-state index in [2.05, 4.69) is 4.72 Å². The lowest BCUT2D eigenvalue weighted by Gasteiger charge is -2.21. The van der Waals surface area contributed by atoms with Crippen molar-refractivity contribution < 1.29 is 13.5 Å². The van der Waals surface area contributed by atoms with Crippen LogP contribution in [0.15, 0.2) is 29.2 Å². The molecule has 2 fully saturated rings. The van der Waals surface area contributed by atoms with Gasteiger partial charge < -0.3 is 5.11 Å². The Morgan fingerprint density at radius 3 is 2.63 bits per heavy atom. The number of nitrogens with one attached hydrogen (secondary N) is 1. The summed E-state index contributed by atoms with van der Waals surface area (Å²) in [5.74, 6) is 1.78. The minimum Gasteiger partial charge on any atom is -0.507 e. The van der Waals surface area contributed by atoms with Gasteiger partial charge in [0.2, 0.25) is 10.0 Å². The maximum Gasteiger partial charge on any atom is 0.244 e. The van der Waals surface area contributed by atoms with Crippen LogP contribution in [0.3, 0.4) is 0 Å². The molecule has 3 rings (SSSR count). The quantitative estimate of drug-likeness (QED) is 0.888. The number of para-hydroxylation sites is 1. The van der Waals surface area contributed by atoms with E-state index in [0.717, 1.165) is 12.3 Å². The summed E-state index contributed by atoms with van der Waals surface area (Å²) in [6.07, 6.45) is 4.97. The van der Waals surface area contributed by atoms with Gasteiger partial charge in [-0.25, -0.2) is 13.1 Å². The Kier molecular flexibility index (Phi) is 3.27. The third-order valence-electron chi connectivity index (χ3n) is 4.57. The van der Waals surface area contributed by atoms with Crippen LogP contribution in [-0.2, 0) is 10.0 Å². The van der Waals surface area contributed by atoms with E-state index in [9.17, 15) is 13.5 Å². The second-order valence-corrected chi connectivity index (χ2v) is 7.49. The molecule has 4 nitrogen and oxygen atoms in total.